The Hall–Kier alpha value is -0.980. The molecule has 1 heteroatoms. The van der Waals surface area contributed by atoms with Gasteiger partial charge in [0, 0.05) is 5.69 Å². The number of hydrogen-bond donors (Lipinski definition) is 1. The molecule has 0 fully saturated rings. The molecule has 1 nitrogen and oxygen atoms in total. The lowest BCUT2D eigenvalue weighted by molar-refractivity contribution is 0.656. The normalized spacial score (nSPS) is 18.4. The predicted octanol–water partition coefficient (Wildman–Crippen LogP) is 3.73. The molecule has 14 heavy (non-hydrogen) atoms. The first kappa shape index (κ1) is 11.1. The first-order valence-corrected chi connectivity index (χ1v) is 5.69. The van der Waals surface area contributed by atoms with Gasteiger partial charge in [-0.3, -0.25) is 0 Å². The van der Waals surface area contributed by atoms with Crippen molar-refractivity contribution in [3.63, 3.8) is 0 Å². The van der Waals surface area contributed by atoms with Crippen molar-refractivity contribution in [3.8, 4) is 0 Å². The Morgan fingerprint density at radius 2 is 2.07 bits per heavy atom. The van der Waals surface area contributed by atoms with Crippen LogP contribution in [0.1, 0.15) is 50.7 Å². The Balaban J connectivity index is 0.000000461. The van der Waals surface area contributed by atoms with Crippen molar-refractivity contribution in [1.82, 2.24) is 0 Å². The lowest BCUT2D eigenvalue weighted by Gasteiger charge is -2.07. The second-order valence-electron chi connectivity index (χ2n) is 3.60. The van der Waals surface area contributed by atoms with Crippen LogP contribution in [-0.2, 0) is 6.42 Å². The molecule has 0 aromatic heterocycles. The SMILES string of the molecule is CC.CCC1CCc2cc(N)ccc21. The second kappa shape index (κ2) is 5.04. The fourth-order valence-electron chi connectivity index (χ4n) is 2.15. The van der Waals surface area contributed by atoms with E-state index in [2.05, 4.69) is 19.1 Å². The Labute approximate surface area is 87.3 Å². The van der Waals surface area contributed by atoms with Crippen molar-refractivity contribution in [1.29, 1.82) is 0 Å². The molecule has 1 aliphatic rings. The van der Waals surface area contributed by atoms with Gasteiger partial charge in [-0.15, -0.1) is 0 Å². The highest BCUT2D eigenvalue weighted by Gasteiger charge is 2.20. The van der Waals surface area contributed by atoms with Crippen LogP contribution in [0.25, 0.3) is 0 Å². The zero-order chi connectivity index (χ0) is 10.6. The van der Waals surface area contributed by atoms with Gasteiger partial charge in [-0.25, -0.2) is 0 Å². The molecule has 0 bridgehead atoms. The number of anilines is 1. The molecule has 0 saturated heterocycles. The molecule has 0 spiro atoms. The fourth-order valence-corrected chi connectivity index (χ4v) is 2.15. The van der Waals surface area contributed by atoms with E-state index >= 15 is 0 Å². The van der Waals surface area contributed by atoms with E-state index in [0.29, 0.717) is 0 Å². The molecule has 1 aromatic rings. The van der Waals surface area contributed by atoms with Crippen LogP contribution in [0.3, 0.4) is 0 Å². The number of hydrogen-bond acceptors (Lipinski definition) is 1. The predicted molar refractivity (Wildman–Crippen MR) is 63.6 cm³/mol. The van der Waals surface area contributed by atoms with Crippen LogP contribution in [0.4, 0.5) is 5.69 Å². The van der Waals surface area contributed by atoms with E-state index in [9.17, 15) is 0 Å². The van der Waals surface area contributed by atoms with Crippen LogP contribution in [0.5, 0.6) is 0 Å². The van der Waals surface area contributed by atoms with E-state index in [1.807, 2.05) is 19.9 Å². The van der Waals surface area contributed by atoms with Crippen LogP contribution in [-0.4, -0.2) is 0 Å². The van der Waals surface area contributed by atoms with E-state index < -0.39 is 0 Å². The monoisotopic (exact) mass is 191 g/mol. The molecule has 1 unspecified atom stereocenters. The number of nitrogens with two attached hydrogens (primary N) is 1. The molecule has 1 aliphatic carbocycles. The molecule has 2 N–H and O–H groups in total. The first-order valence-electron chi connectivity index (χ1n) is 5.69. The molecule has 0 aliphatic heterocycles. The molecule has 1 atom stereocenters. The van der Waals surface area contributed by atoms with E-state index in [0.717, 1.165) is 11.6 Å². The van der Waals surface area contributed by atoms with Gasteiger partial charge in [0.25, 0.3) is 0 Å². The summed E-state index contributed by atoms with van der Waals surface area (Å²) in [6.45, 7) is 6.26. The van der Waals surface area contributed by atoms with Gasteiger partial charge in [0.05, 0.1) is 0 Å². The van der Waals surface area contributed by atoms with E-state index in [4.69, 9.17) is 5.73 Å². The molecule has 0 heterocycles. The zero-order valence-electron chi connectivity index (χ0n) is 9.51. The quantitative estimate of drug-likeness (QED) is 0.672. The average molecular weight is 191 g/mol. The molecule has 0 radical (unpaired) electrons. The maximum absolute atomic E-state index is 5.72. The highest BCUT2D eigenvalue weighted by atomic mass is 14.5. The maximum atomic E-state index is 5.72. The third-order valence-corrected chi connectivity index (χ3v) is 2.86. The Morgan fingerprint density at radius 3 is 2.71 bits per heavy atom. The Morgan fingerprint density at radius 1 is 1.36 bits per heavy atom. The van der Waals surface area contributed by atoms with Gasteiger partial charge in [0.1, 0.15) is 0 Å². The average Bonchev–Trinajstić information content (AvgIpc) is 2.62. The van der Waals surface area contributed by atoms with E-state index in [1.54, 1.807) is 0 Å². The largest absolute Gasteiger partial charge is 0.399 e. The number of aryl methyl sites for hydroxylation is 1. The van der Waals surface area contributed by atoms with Crippen molar-refractivity contribution in [2.24, 2.45) is 0 Å². The summed E-state index contributed by atoms with van der Waals surface area (Å²) < 4.78 is 0. The summed E-state index contributed by atoms with van der Waals surface area (Å²) in [4.78, 5) is 0. The second-order valence-corrected chi connectivity index (χ2v) is 3.60. The van der Waals surface area contributed by atoms with Gasteiger partial charge in [-0.05, 0) is 48.4 Å². The zero-order valence-corrected chi connectivity index (χ0v) is 9.51. The third-order valence-electron chi connectivity index (χ3n) is 2.86. The van der Waals surface area contributed by atoms with Crippen molar-refractivity contribution in [2.75, 3.05) is 5.73 Å². The minimum absolute atomic E-state index is 0.792. The summed E-state index contributed by atoms with van der Waals surface area (Å²) in [6.07, 6.45) is 3.80. The van der Waals surface area contributed by atoms with Crippen LogP contribution in [0.2, 0.25) is 0 Å². The number of fused-ring (bicyclic) bond motifs is 1. The summed E-state index contributed by atoms with van der Waals surface area (Å²) in [5, 5.41) is 0. The van der Waals surface area contributed by atoms with Crippen LogP contribution < -0.4 is 5.73 Å². The van der Waals surface area contributed by atoms with Crippen LogP contribution in [0.15, 0.2) is 18.2 Å². The van der Waals surface area contributed by atoms with Crippen LogP contribution >= 0.6 is 0 Å². The standard InChI is InChI=1S/C11H15N.C2H6/c1-2-8-3-4-9-7-10(12)5-6-11(8)9;1-2/h5-8H,2-4,12H2,1H3;1-2H3. The smallest absolute Gasteiger partial charge is 0.0316 e. The summed E-state index contributed by atoms with van der Waals surface area (Å²) in [5.74, 6) is 0.792. The molecular weight excluding hydrogens is 170 g/mol. The molecule has 1 aromatic carbocycles. The number of benzene rings is 1. The molecule has 78 valence electrons. The first-order chi connectivity index (χ1) is 6.81. The summed E-state index contributed by atoms with van der Waals surface area (Å²) in [6, 6.07) is 6.35. The Bertz CT molecular complexity index is 291. The van der Waals surface area contributed by atoms with Gasteiger partial charge in [0.2, 0.25) is 0 Å². The highest BCUT2D eigenvalue weighted by molar-refractivity contribution is 5.47. The van der Waals surface area contributed by atoms with Crippen molar-refractivity contribution in [3.05, 3.63) is 29.3 Å². The fraction of sp³-hybridized carbons (Fsp3) is 0.538. The van der Waals surface area contributed by atoms with Gasteiger partial charge in [-0.2, -0.15) is 0 Å². The summed E-state index contributed by atoms with van der Waals surface area (Å²) >= 11 is 0. The molecule has 2 rings (SSSR count). The molecule has 0 amide bonds. The van der Waals surface area contributed by atoms with Gasteiger partial charge in [-0.1, -0.05) is 26.8 Å². The van der Waals surface area contributed by atoms with Gasteiger partial charge < -0.3 is 5.73 Å². The maximum Gasteiger partial charge on any atom is 0.0316 e. The minimum atomic E-state index is 0.792. The Kier molecular flexibility index (Phi) is 3.99. The van der Waals surface area contributed by atoms with E-state index in [1.165, 1.54) is 30.4 Å². The van der Waals surface area contributed by atoms with Crippen LogP contribution in [0, 0.1) is 0 Å². The summed E-state index contributed by atoms with van der Waals surface area (Å²) in [5.41, 5.74) is 9.63. The van der Waals surface area contributed by atoms with Gasteiger partial charge in [0.15, 0.2) is 0 Å². The lowest BCUT2D eigenvalue weighted by atomic mass is 9.99. The highest BCUT2D eigenvalue weighted by Crippen LogP contribution is 2.35. The number of rotatable bonds is 1. The van der Waals surface area contributed by atoms with Crippen molar-refractivity contribution >= 4 is 5.69 Å². The summed E-state index contributed by atoms with van der Waals surface area (Å²) in [7, 11) is 0. The third kappa shape index (κ3) is 2.09. The topological polar surface area (TPSA) is 26.0 Å². The minimum Gasteiger partial charge on any atom is -0.399 e. The molecular formula is C13H21N. The van der Waals surface area contributed by atoms with Crippen molar-refractivity contribution < 1.29 is 0 Å². The number of nitrogen functional groups attached to an aromatic ring is 1. The van der Waals surface area contributed by atoms with Gasteiger partial charge >= 0.3 is 0 Å². The van der Waals surface area contributed by atoms with Crippen molar-refractivity contribution in [2.45, 2.75) is 46.0 Å². The molecule has 0 saturated carbocycles. The lowest BCUT2D eigenvalue weighted by Crippen LogP contribution is -1.91. The van der Waals surface area contributed by atoms with E-state index in [-0.39, 0.29) is 0 Å².